The topological polar surface area (TPSA) is 63.0 Å². The van der Waals surface area contributed by atoms with Gasteiger partial charge in [-0.2, -0.15) is 0 Å². The number of hydrogen-bond donors (Lipinski definition) is 2. The minimum absolute atomic E-state index is 0.632. The Bertz CT molecular complexity index is 464. The number of aromatic nitrogens is 2. The van der Waals surface area contributed by atoms with Crippen molar-refractivity contribution in [3.63, 3.8) is 0 Å². The molecule has 0 spiro atoms. The molecular weight excluding hydrogens is 216 g/mol. The number of nitrogens with zero attached hydrogens (tertiary/aromatic N) is 2. The second kappa shape index (κ2) is 5.45. The molecule has 0 aliphatic heterocycles. The summed E-state index contributed by atoms with van der Waals surface area (Å²) in [6, 6.07) is 3.84. The zero-order chi connectivity index (χ0) is 12.1. The number of likely N-dealkylation sites (N-methyl/N-ethyl adjacent to an activating group) is 1. The van der Waals surface area contributed by atoms with E-state index in [4.69, 9.17) is 4.42 Å². The summed E-state index contributed by atoms with van der Waals surface area (Å²) in [7, 11) is 1.91. The number of anilines is 1. The van der Waals surface area contributed by atoms with Crippen LogP contribution in [-0.2, 0) is 0 Å². The van der Waals surface area contributed by atoms with Crippen LogP contribution in [0.3, 0.4) is 0 Å². The molecule has 0 fully saturated rings. The van der Waals surface area contributed by atoms with Gasteiger partial charge in [-0.15, -0.1) is 0 Å². The van der Waals surface area contributed by atoms with Crippen LogP contribution < -0.4 is 10.6 Å². The highest BCUT2D eigenvalue weighted by Crippen LogP contribution is 2.20. The molecule has 5 heteroatoms. The van der Waals surface area contributed by atoms with Gasteiger partial charge in [-0.25, -0.2) is 9.97 Å². The lowest BCUT2D eigenvalue weighted by atomic mass is 10.3. The number of furan rings is 1. The molecule has 0 radical (unpaired) electrons. The monoisotopic (exact) mass is 232 g/mol. The maximum Gasteiger partial charge on any atom is 0.222 e. The van der Waals surface area contributed by atoms with E-state index in [1.807, 2.05) is 26.1 Å². The molecule has 2 rings (SSSR count). The molecule has 0 atom stereocenters. The highest BCUT2D eigenvalue weighted by molar-refractivity contribution is 5.55. The Morgan fingerprint density at radius 3 is 2.53 bits per heavy atom. The molecule has 0 unspecified atom stereocenters. The van der Waals surface area contributed by atoms with Gasteiger partial charge in [-0.3, -0.25) is 0 Å². The summed E-state index contributed by atoms with van der Waals surface area (Å²) in [5, 5.41) is 6.16. The van der Waals surface area contributed by atoms with Crippen molar-refractivity contribution >= 4 is 5.95 Å². The average molecular weight is 232 g/mol. The second-order valence-corrected chi connectivity index (χ2v) is 3.74. The fraction of sp³-hybridized carbons (Fsp3) is 0.333. The van der Waals surface area contributed by atoms with Crippen molar-refractivity contribution in [1.82, 2.24) is 15.3 Å². The summed E-state index contributed by atoms with van der Waals surface area (Å²) in [6.45, 7) is 3.59. The SMILES string of the molecule is CNCCNc1ncc(-c2ccc(C)o2)cn1. The van der Waals surface area contributed by atoms with E-state index in [1.165, 1.54) is 0 Å². The van der Waals surface area contributed by atoms with E-state index in [-0.39, 0.29) is 0 Å². The van der Waals surface area contributed by atoms with Crippen molar-refractivity contribution in [1.29, 1.82) is 0 Å². The van der Waals surface area contributed by atoms with Crippen molar-refractivity contribution in [2.45, 2.75) is 6.92 Å². The van der Waals surface area contributed by atoms with Crippen LogP contribution in [0.25, 0.3) is 11.3 Å². The van der Waals surface area contributed by atoms with Gasteiger partial charge < -0.3 is 15.1 Å². The zero-order valence-corrected chi connectivity index (χ0v) is 10.0. The number of rotatable bonds is 5. The molecule has 2 N–H and O–H groups in total. The average Bonchev–Trinajstić information content (AvgIpc) is 2.77. The normalized spacial score (nSPS) is 10.5. The van der Waals surface area contributed by atoms with Gasteiger partial charge in [-0.1, -0.05) is 0 Å². The van der Waals surface area contributed by atoms with Gasteiger partial charge in [0.15, 0.2) is 0 Å². The van der Waals surface area contributed by atoms with Crippen LogP contribution in [0, 0.1) is 6.92 Å². The first-order chi connectivity index (χ1) is 8.29. The molecule has 2 heterocycles. The van der Waals surface area contributed by atoms with E-state index in [0.717, 1.165) is 30.2 Å². The van der Waals surface area contributed by atoms with Gasteiger partial charge in [0, 0.05) is 25.5 Å². The third kappa shape index (κ3) is 3.04. The third-order valence-electron chi connectivity index (χ3n) is 2.33. The highest BCUT2D eigenvalue weighted by Gasteiger charge is 2.03. The van der Waals surface area contributed by atoms with Crippen LogP contribution in [0.2, 0.25) is 0 Å². The minimum Gasteiger partial charge on any atom is -0.461 e. The second-order valence-electron chi connectivity index (χ2n) is 3.74. The van der Waals surface area contributed by atoms with Crippen LogP contribution in [0.5, 0.6) is 0 Å². The molecule has 2 aromatic heterocycles. The van der Waals surface area contributed by atoms with Crippen molar-refractivity contribution in [3.05, 3.63) is 30.3 Å². The number of nitrogens with one attached hydrogen (secondary N) is 2. The number of aryl methyl sites for hydroxylation is 1. The Balaban J connectivity index is 2.02. The van der Waals surface area contributed by atoms with E-state index in [9.17, 15) is 0 Å². The summed E-state index contributed by atoms with van der Waals surface area (Å²) < 4.78 is 5.50. The van der Waals surface area contributed by atoms with E-state index in [0.29, 0.717) is 5.95 Å². The molecule has 5 nitrogen and oxygen atoms in total. The Labute approximate surface area is 100 Å². The molecule has 0 aromatic carbocycles. The van der Waals surface area contributed by atoms with Gasteiger partial charge in [0.1, 0.15) is 11.5 Å². The van der Waals surface area contributed by atoms with Crippen LogP contribution in [0.15, 0.2) is 28.9 Å². The van der Waals surface area contributed by atoms with Gasteiger partial charge >= 0.3 is 0 Å². The van der Waals surface area contributed by atoms with E-state index >= 15 is 0 Å². The summed E-state index contributed by atoms with van der Waals surface area (Å²) in [5.74, 6) is 2.31. The predicted octanol–water partition coefficient (Wildman–Crippen LogP) is 1.68. The molecule has 0 saturated carbocycles. The lowest BCUT2D eigenvalue weighted by Gasteiger charge is -2.03. The smallest absolute Gasteiger partial charge is 0.222 e. The zero-order valence-electron chi connectivity index (χ0n) is 10.0. The Hall–Kier alpha value is -1.88. The first kappa shape index (κ1) is 11.6. The van der Waals surface area contributed by atoms with Crippen LogP contribution in [0.4, 0.5) is 5.95 Å². The summed E-state index contributed by atoms with van der Waals surface area (Å²) in [6.07, 6.45) is 3.51. The quantitative estimate of drug-likeness (QED) is 0.768. The molecule has 90 valence electrons. The minimum atomic E-state index is 0.632. The molecule has 2 aromatic rings. The first-order valence-electron chi connectivity index (χ1n) is 5.57. The lowest BCUT2D eigenvalue weighted by molar-refractivity contribution is 0.548. The van der Waals surface area contributed by atoms with Gasteiger partial charge in [-0.05, 0) is 26.1 Å². The Morgan fingerprint density at radius 2 is 1.94 bits per heavy atom. The van der Waals surface area contributed by atoms with Crippen molar-refractivity contribution in [3.8, 4) is 11.3 Å². The van der Waals surface area contributed by atoms with Crippen LogP contribution >= 0.6 is 0 Å². The Kier molecular flexibility index (Phi) is 3.72. The predicted molar refractivity (Wildman–Crippen MR) is 66.9 cm³/mol. The molecule has 0 saturated heterocycles. The lowest BCUT2D eigenvalue weighted by Crippen LogP contribution is -2.18. The van der Waals surface area contributed by atoms with E-state index in [1.54, 1.807) is 12.4 Å². The standard InChI is InChI=1S/C12H16N4O/c1-9-3-4-11(17-9)10-7-15-12(16-8-10)14-6-5-13-2/h3-4,7-8,13H,5-6H2,1-2H3,(H,14,15,16). The maximum absolute atomic E-state index is 5.50. The molecule has 0 aliphatic rings. The summed E-state index contributed by atoms with van der Waals surface area (Å²) in [4.78, 5) is 8.45. The van der Waals surface area contributed by atoms with E-state index in [2.05, 4.69) is 20.6 Å². The van der Waals surface area contributed by atoms with Crippen LogP contribution in [0.1, 0.15) is 5.76 Å². The maximum atomic E-state index is 5.50. The molecule has 17 heavy (non-hydrogen) atoms. The van der Waals surface area contributed by atoms with E-state index < -0.39 is 0 Å². The molecule has 0 aliphatic carbocycles. The fourth-order valence-electron chi connectivity index (χ4n) is 1.44. The van der Waals surface area contributed by atoms with Gasteiger partial charge in [0.2, 0.25) is 5.95 Å². The summed E-state index contributed by atoms with van der Waals surface area (Å²) in [5.41, 5.74) is 0.886. The fourth-order valence-corrected chi connectivity index (χ4v) is 1.44. The van der Waals surface area contributed by atoms with Gasteiger partial charge in [0.25, 0.3) is 0 Å². The van der Waals surface area contributed by atoms with Crippen molar-refractivity contribution < 1.29 is 4.42 Å². The molecule has 0 amide bonds. The third-order valence-corrected chi connectivity index (χ3v) is 2.33. The van der Waals surface area contributed by atoms with Gasteiger partial charge in [0.05, 0.1) is 5.56 Å². The number of hydrogen-bond acceptors (Lipinski definition) is 5. The van der Waals surface area contributed by atoms with Crippen molar-refractivity contribution in [2.75, 3.05) is 25.5 Å². The highest BCUT2D eigenvalue weighted by atomic mass is 16.3. The Morgan fingerprint density at radius 1 is 1.18 bits per heavy atom. The first-order valence-corrected chi connectivity index (χ1v) is 5.57. The summed E-state index contributed by atoms with van der Waals surface area (Å²) >= 11 is 0. The van der Waals surface area contributed by atoms with Crippen LogP contribution in [-0.4, -0.2) is 30.1 Å². The van der Waals surface area contributed by atoms with Crippen molar-refractivity contribution in [2.24, 2.45) is 0 Å². The largest absolute Gasteiger partial charge is 0.461 e. The molecular formula is C12H16N4O. The molecule has 0 bridgehead atoms.